The van der Waals surface area contributed by atoms with Crippen LogP contribution < -0.4 is 0 Å². The molecule has 0 amide bonds. The molecule has 1 heterocycles. The van der Waals surface area contributed by atoms with E-state index >= 15 is 0 Å². The molecule has 7 heteroatoms. The maximum absolute atomic E-state index is 11.5. The first kappa shape index (κ1) is 12.6. The highest BCUT2D eigenvalue weighted by Crippen LogP contribution is 2.31. The molecule has 6 nitrogen and oxygen atoms in total. The number of halogens is 1. The molecule has 0 aliphatic rings. The molecule has 94 valence electrons. The van der Waals surface area contributed by atoms with Gasteiger partial charge in [-0.2, -0.15) is 0 Å². The highest BCUT2D eigenvalue weighted by molar-refractivity contribution is 9.10. The third-order valence-corrected chi connectivity index (χ3v) is 2.83. The van der Waals surface area contributed by atoms with E-state index in [1.54, 1.807) is 6.92 Å². The molecule has 0 bridgehead atoms. The molecule has 0 aliphatic carbocycles. The minimum atomic E-state index is -0.594. The number of nitrogens with zero attached hydrogens (tertiary/aromatic N) is 1. The van der Waals surface area contributed by atoms with Crippen LogP contribution in [0.4, 0.5) is 5.69 Å². The Morgan fingerprint density at radius 3 is 2.83 bits per heavy atom. The van der Waals surface area contributed by atoms with E-state index in [0.717, 1.165) is 0 Å². The maximum Gasteiger partial charge on any atom is 0.374 e. The number of carbonyl (C=O) groups is 1. The maximum atomic E-state index is 11.5. The summed E-state index contributed by atoms with van der Waals surface area (Å²) in [6.07, 6.45) is 0. The molecule has 0 radical (unpaired) electrons. The first-order valence-corrected chi connectivity index (χ1v) is 5.87. The molecule has 0 aliphatic heterocycles. The number of hydrogen-bond donors (Lipinski definition) is 0. The van der Waals surface area contributed by atoms with Gasteiger partial charge in [0.2, 0.25) is 5.76 Å². The molecule has 2 rings (SSSR count). The minimum Gasteiger partial charge on any atom is -0.460 e. The summed E-state index contributed by atoms with van der Waals surface area (Å²) < 4.78 is 10.5. The fourth-order valence-corrected chi connectivity index (χ4v) is 2.05. The van der Waals surface area contributed by atoms with E-state index in [-0.39, 0.29) is 18.1 Å². The van der Waals surface area contributed by atoms with Gasteiger partial charge in [-0.3, -0.25) is 10.1 Å². The number of nitro benzene ring substituents is 1. The molecular weight excluding hydrogens is 306 g/mol. The Kier molecular flexibility index (Phi) is 3.33. The minimum absolute atomic E-state index is 0.0213. The van der Waals surface area contributed by atoms with Gasteiger partial charge in [0.25, 0.3) is 5.69 Å². The van der Waals surface area contributed by atoms with E-state index in [2.05, 4.69) is 15.9 Å². The molecule has 1 aromatic heterocycles. The number of furan rings is 1. The molecule has 0 atom stereocenters. The van der Waals surface area contributed by atoms with E-state index < -0.39 is 10.9 Å². The Morgan fingerprint density at radius 1 is 1.50 bits per heavy atom. The van der Waals surface area contributed by atoms with Gasteiger partial charge in [-0.15, -0.1) is 0 Å². The summed E-state index contributed by atoms with van der Waals surface area (Å²) in [6, 6.07) is 4.08. The van der Waals surface area contributed by atoms with E-state index in [9.17, 15) is 14.9 Å². The molecule has 1 aromatic carbocycles. The van der Waals surface area contributed by atoms with Crippen LogP contribution >= 0.6 is 15.9 Å². The number of ether oxygens (including phenoxy) is 1. The quantitative estimate of drug-likeness (QED) is 0.493. The molecule has 18 heavy (non-hydrogen) atoms. The topological polar surface area (TPSA) is 82.6 Å². The zero-order valence-corrected chi connectivity index (χ0v) is 10.9. The van der Waals surface area contributed by atoms with Crippen molar-refractivity contribution in [2.75, 3.05) is 6.61 Å². The van der Waals surface area contributed by atoms with Crippen molar-refractivity contribution in [3.05, 3.63) is 38.5 Å². The highest BCUT2D eigenvalue weighted by atomic mass is 79.9. The molecule has 0 unspecified atom stereocenters. The second-order valence-corrected chi connectivity index (χ2v) is 4.29. The summed E-state index contributed by atoms with van der Waals surface area (Å²) in [7, 11) is 0. The largest absolute Gasteiger partial charge is 0.460 e. The normalized spacial score (nSPS) is 10.6. The molecule has 0 spiro atoms. The zero-order valence-electron chi connectivity index (χ0n) is 9.31. The number of hydrogen-bond acceptors (Lipinski definition) is 5. The average molecular weight is 314 g/mol. The lowest BCUT2D eigenvalue weighted by molar-refractivity contribution is -0.384. The monoisotopic (exact) mass is 313 g/mol. The average Bonchev–Trinajstić information content (AvgIpc) is 2.73. The summed E-state index contributed by atoms with van der Waals surface area (Å²) in [4.78, 5) is 21.7. The number of benzene rings is 1. The van der Waals surface area contributed by atoms with Crippen LogP contribution in [0.5, 0.6) is 0 Å². The fourth-order valence-electron chi connectivity index (χ4n) is 1.50. The molecule has 0 saturated carbocycles. The predicted octanol–water partition coefficient (Wildman–Crippen LogP) is 3.28. The molecular formula is C11H8BrNO5. The summed E-state index contributed by atoms with van der Waals surface area (Å²) in [5, 5.41) is 11.2. The lowest BCUT2D eigenvalue weighted by Crippen LogP contribution is -2.02. The van der Waals surface area contributed by atoms with Crippen molar-refractivity contribution in [3.8, 4) is 0 Å². The zero-order chi connectivity index (χ0) is 13.3. The van der Waals surface area contributed by atoms with Gasteiger partial charge in [0.05, 0.1) is 16.0 Å². The van der Waals surface area contributed by atoms with Crippen LogP contribution in [-0.2, 0) is 4.74 Å². The van der Waals surface area contributed by atoms with Crippen LogP contribution in [0.15, 0.2) is 27.1 Å². The van der Waals surface area contributed by atoms with Crippen LogP contribution in [0, 0.1) is 10.1 Å². The van der Waals surface area contributed by atoms with Crippen LogP contribution in [0.2, 0.25) is 0 Å². The van der Waals surface area contributed by atoms with E-state index in [0.29, 0.717) is 15.4 Å². The van der Waals surface area contributed by atoms with E-state index in [1.807, 2.05) is 0 Å². The van der Waals surface area contributed by atoms with Crippen LogP contribution in [0.25, 0.3) is 11.0 Å². The summed E-state index contributed by atoms with van der Waals surface area (Å²) in [5.74, 6) is -0.573. The van der Waals surface area contributed by atoms with Crippen LogP contribution in [0.3, 0.4) is 0 Å². The number of nitro groups is 1. The fraction of sp³-hybridized carbons (Fsp3) is 0.182. The molecule has 0 N–H and O–H groups in total. The van der Waals surface area contributed by atoms with Crippen molar-refractivity contribution in [1.29, 1.82) is 0 Å². The standard InChI is InChI=1S/C11H8BrNO5/c1-2-17-11(14)9-4-6-3-7(13(15)16)5-8(12)10(6)18-9/h3-5H,2H2,1H3. The van der Waals surface area contributed by atoms with Crippen LogP contribution in [-0.4, -0.2) is 17.5 Å². The number of carbonyl (C=O) groups excluding carboxylic acids is 1. The Labute approximate surface area is 110 Å². The predicted molar refractivity (Wildman–Crippen MR) is 66.5 cm³/mol. The number of rotatable bonds is 3. The van der Waals surface area contributed by atoms with E-state index in [1.165, 1.54) is 18.2 Å². The first-order chi connectivity index (χ1) is 8.52. The van der Waals surface area contributed by atoms with Gasteiger partial charge in [-0.05, 0) is 28.9 Å². The number of fused-ring (bicyclic) bond motifs is 1. The van der Waals surface area contributed by atoms with Crippen LogP contribution in [0.1, 0.15) is 17.5 Å². The lowest BCUT2D eigenvalue weighted by atomic mass is 10.2. The SMILES string of the molecule is CCOC(=O)c1cc2cc([N+](=O)[O-])cc(Br)c2o1. The summed E-state index contributed by atoms with van der Waals surface area (Å²) in [6.45, 7) is 1.92. The van der Waals surface area contributed by atoms with Gasteiger partial charge in [0, 0.05) is 17.5 Å². The van der Waals surface area contributed by atoms with Crippen molar-refractivity contribution < 1.29 is 18.9 Å². The Balaban J connectivity index is 2.54. The highest BCUT2D eigenvalue weighted by Gasteiger charge is 2.18. The number of esters is 1. The second kappa shape index (κ2) is 4.77. The van der Waals surface area contributed by atoms with Gasteiger partial charge in [-0.1, -0.05) is 0 Å². The van der Waals surface area contributed by atoms with Gasteiger partial charge in [-0.25, -0.2) is 4.79 Å². The third-order valence-electron chi connectivity index (χ3n) is 2.24. The Bertz CT molecular complexity index is 634. The van der Waals surface area contributed by atoms with Gasteiger partial charge in [0.1, 0.15) is 5.58 Å². The number of non-ortho nitro benzene ring substituents is 1. The Hall–Kier alpha value is -1.89. The van der Waals surface area contributed by atoms with Crippen molar-refractivity contribution in [3.63, 3.8) is 0 Å². The molecule has 0 fully saturated rings. The third kappa shape index (κ3) is 2.21. The van der Waals surface area contributed by atoms with Crippen molar-refractivity contribution in [1.82, 2.24) is 0 Å². The van der Waals surface area contributed by atoms with Crippen molar-refractivity contribution in [2.24, 2.45) is 0 Å². The van der Waals surface area contributed by atoms with Crippen molar-refractivity contribution >= 4 is 38.6 Å². The smallest absolute Gasteiger partial charge is 0.374 e. The van der Waals surface area contributed by atoms with Gasteiger partial charge >= 0.3 is 5.97 Å². The van der Waals surface area contributed by atoms with Gasteiger partial charge < -0.3 is 9.15 Å². The Morgan fingerprint density at radius 2 is 2.22 bits per heavy atom. The second-order valence-electron chi connectivity index (χ2n) is 3.43. The molecule has 2 aromatic rings. The van der Waals surface area contributed by atoms with Crippen molar-refractivity contribution in [2.45, 2.75) is 6.92 Å². The summed E-state index contributed by atoms with van der Waals surface area (Å²) >= 11 is 3.17. The lowest BCUT2D eigenvalue weighted by Gasteiger charge is -1.96. The van der Waals surface area contributed by atoms with Gasteiger partial charge in [0.15, 0.2) is 0 Å². The summed E-state index contributed by atoms with van der Waals surface area (Å²) in [5.41, 5.74) is 0.300. The molecule has 0 saturated heterocycles. The first-order valence-electron chi connectivity index (χ1n) is 5.07. The van der Waals surface area contributed by atoms with E-state index in [4.69, 9.17) is 9.15 Å².